The van der Waals surface area contributed by atoms with Crippen molar-refractivity contribution in [3.8, 4) is 0 Å². The van der Waals surface area contributed by atoms with E-state index in [1.54, 1.807) is 0 Å². The number of aliphatic hydroxyl groups is 2. The lowest BCUT2D eigenvalue weighted by molar-refractivity contribution is -0.174. The molecule has 4 N–H and O–H groups in total. The third kappa shape index (κ3) is 4.81. The lowest BCUT2D eigenvalue weighted by Gasteiger charge is -2.62. The number of hydrogen-bond acceptors (Lipinski definition) is 5. The summed E-state index contributed by atoms with van der Waals surface area (Å²) in [7, 11) is -4.13. The molecule has 10 atom stereocenters. The van der Waals surface area contributed by atoms with Gasteiger partial charge in [-0.25, -0.2) is 0 Å². The Morgan fingerprint density at radius 1 is 1.18 bits per heavy atom. The van der Waals surface area contributed by atoms with Crippen LogP contribution in [-0.4, -0.2) is 53.6 Å². The number of carbonyl (C=O) groups is 1. The molecule has 4 rings (SSSR count). The Labute approximate surface area is 210 Å². The topological polar surface area (TPSA) is 124 Å². The number of aliphatic hydroxyl groups excluding tert-OH is 2. The van der Waals surface area contributed by atoms with Crippen molar-refractivity contribution in [2.75, 3.05) is 12.3 Å². The Balaban J connectivity index is 1.47. The molecule has 7 nitrogen and oxygen atoms in total. The molecule has 4 saturated carbocycles. The smallest absolute Gasteiger partial charge is 0.266 e. The quantitative estimate of drug-likeness (QED) is 0.395. The van der Waals surface area contributed by atoms with Gasteiger partial charge in [-0.05, 0) is 104 Å². The first-order valence-electron chi connectivity index (χ1n) is 14.9. The van der Waals surface area contributed by atoms with Gasteiger partial charge in [0, 0.05) is 18.4 Å². The van der Waals surface area contributed by atoms with Crippen LogP contribution < -0.4 is 5.32 Å². The molecule has 4 aliphatic carbocycles. The van der Waals surface area contributed by atoms with Gasteiger partial charge in [-0.1, -0.05) is 20.8 Å². The van der Waals surface area contributed by atoms with Crippen LogP contribution in [0.2, 0.25) is 0 Å². The molecule has 8 heteroatoms. The van der Waals surface area contributed by atoms with Crippen molar-refractivity contribution in [2.45, 2.75) is 97.1 Å². The van der Waals surface area contributed by atoms with Crippen LogP contribution in [-0.2, 0) is 14.9 Å². The van der Waals surface area contributed by atoms with Gasteiger partial charge in [-0.2, -0.15) is 8.42 Å². The van der Waals surface area contributed by atoms with Gasteiger partial charge < -0.3 is 15.5 Å². The predicted octanol–water partition coefficient (Wildman–Crippen LogP) is 3.40. The SMILES string of the molecule is [2H]C1([2H])C[C@]2(C)C3C[C@H](O)[C@@]4(C)C(CCC4[C@H](C)CCC(=O)NCCS(=O)(=O)O)C3CCC2C([2H])([2H])[C@@H]1O. The number of fused-ring (bicyclic) bond motifs is 5. The second-order valence-corrected chi connectivity index (χ2v) is 13.5. The number of carbonyl (C=O) groups excluding carboxylic acids is 1. The van der Waals surface area contributed by atoms with E-state index in [0.717, 1.165) is 19.3 Å². The highest BCUT2D eigenvalue weighted by Crippen LogP contribution is 2.68. The maximum Gasteiger partial charge on any atom is 0.266 e. The lowest BCUT2D eigenvalue weighted by Crippen LogP contribution is -2.58. The van der Waals surface area contributed by atoms with E-state index in [-0.39, 0.29) is 60.3 Å². The van der Waals surface area contributed by atoms with Crippen LogP contribution in [0.1, 0.15) is 90.4 Å². The summed E-state index contributed by atoms with van der Waals surface area (Å²) < 4.78 is 64.8. The van der Waals surface area contributed by atoms with E-state index in [0.29, 0.717) is 19.3 Å². The lowest BCUT2D eigenvalue weighted by atomic mass is 9.43. The minimum absolute atomic E-state index is 0.0189. The van der Waals surface area contributed by atoms with Crippen LogP contribution >= 0.6 is 0 Å². The fourth-order valence-electron chi connectivity index (χ4n) is 8.44. The van der Waals surface area contributed by atoms with Gasteiger partial charge in [0.1, 0.15) is 0 Å². The Kier molecular flexibility index (Phi) is 6.06. The number of rotatable bonds is 7. The molecule has 0 saturated heterocycles. The molecule has 0 bridgehead atoms. The molecule has 0 aliphatic heterocycles. The van der Waals surface area contributed by atoms with Crippen LogP contribution in [0.4, 0.5) is 0 Å². The van der Waals surface area contributed by atoms with Crippen molar-refractivity contribution in [3.63, 3.8) is 0 Å². The summed E-state index contributed by atoms with van der Waals surface area (Å²) in [6.07, 6.45) is -1.64. The van der Waals surface area contributed by atoms with Crippen molar-refractivity contribution in [2.24, 2.45) is 46.3 Å². The molecule has 0 aromatic carbocycles. The zero-order valence-corrected chi connectivity index (χ0v) is 21.5. The van der Waals surface area contributed by atoms with Gasteiger partial charge in [0.05, 0.1) is 18.0 Å². The molecule has 0 radical (unpaired) electrons. The Morgan fingerprint density at radius 3 is 2.62 bits per heavy atom. The average Bonchev–Trinajstić information content (AvgIpc) is 3.14. The molecule has 4 fully saturated rings. The first-order valence-corrected chi connectivity index (χ1v) is 14.5. The predicted molar refractivity (Wildman–Crippen MR) is 130 cm³/mol. The molecule has 4 aliphatic rings. The van der Waals surface area contributed by atoms with Gasteiger partial charge in [-0.3, -0.25) is 9.35 Å². The zero-order valence-electron chi connectivity index (χ0n) is 24.7. The first kappa shape index (κ1) is 21.4. The van der Waals surface area contributed by atoms with Crippen molar-refractivity contribution >= 4 is 16.0 Å². The van der Waals surface area contributed by atoms with Crippen LogP contribution in [0.15, 0.2) is 0 Å². The van der Waals surface area contributed by atoms with Gasteiger partial charge in [-0.15, -0.1) is 0 Å². The van der Waals surface area contributed by atoms with Gasteiger partial charge in [0.25, 0.3) is 10.1 Å². The summed E-state index contributed by atoms with van der Waals surface area (Å²) in [4.78, 5) is 12.2. The highest BCUT2D eigenvalue weighted by atomic mass is 32.2. The van der Waals surface area contributed by atoms with Gasteiger partial charge in [0.15, 0.2) is 0 Å². The van der Waals surface area contributed by atoms with Crippen molar-refractivity contribution in [1.82, 2.24) is 5.32 Å². The molecule has 0 spiro atoms. The van der Waals surface area contributed by atoms with Crippen molar-refractivity contribution in [3.05, 3.63) is 0 Å². The molecule has 0 heterocycles. The van der Waals surface area contributed by atoms with E-state index in [9.17, 15) is 23.4 Å². The minimum atomic E-state index is -4.13. The zero-order chi connectivity index (χ0) is 28.5. The van der Waals surface area contributed by atoms with E-state index in [4.69, 9.17) is 10.0 Å². The summed E-state index contributed by atoms with van der Waals surface area (Å²) >= 11 is 0. The standard InChI is InChI=1S/C26H45NO6S/c1-16(4-9-24(30)27-12-13-34(31,32)33)20-7-8-21-19-6-5-17-14-18(28)10-11-25(17,2)22(19)15-23(29)26(20,21)3/h16-23,28-29H,4-15H2,1-3H3,(H,27,30)(H,31,32,33)/t16-,17?,18-,19?,20?,21?,22?,23+,25+,26-/m1/s1/i10D2,14D2. The molecule has 34 heavy (non-hydrogen) atoms. The second kappa shape index (κ2) is 9.64. The molecular weight excluding hydrogens is 454 g/mol. The molecular formula is C26H45NO6S. The third-order valence-corrected chi connectivity index (χ3v) is 11.0. The van der Waals surface area contributed by atoms with Crippen molar-refractivity contribution < 1.29 is 33.5 Å². The summed E-state index contributed by atoms with van der Waals surface area (Å²) in [6.45, 7) is 6.12. The largest absolute Gasteiger partial charge is 0.393 e. The van der Waals surface area contributed by atoms with E-state index < -0.39 is 52.2 Å². The second-order valence-electron chi connectivity index (χ2n) is 11.9. The third-order valence-electron chi connectivity index (χ3n) is 10.3. The van der Waals surface area contributed by atoms with E-state index in [2.05, 4.69) is 19.2 Å². The fourth-order valence-corrected chi connectivity index (χ4v) is 8.80. The number of hydrogen-bond donors (Lipinski definition) is 4. The summed E-state index contributed by atoms with van der Waals surface area (Å²) in [5, 5.41) is 24.8. The van der Waals surface area contributed by atoms with Gasteiger partial charge in [0.2, 0.25) is 5.91 Å². The molecule has 0 aromatic heterocycles. The Morgan fingerprint density at radius 2 is 1.91 bits per heavy atom. The molecule has 1 amide bonds. The number of amides is 1. The van der Waals surface area contributed by atoms with E-state index in [1.165, 1.54) is 0 Å². The average molecular weight is 504 g/mol. The maximum atomic E-state index is 12.2. The minimum Gasteiger partial charge on any atom is -0.393 e. The van der Waals surface area contributed by atoms with Crippen LogP contribution in [0, 0.1) is 46.3 Å². The van der Waals surface area contributed by atoms with Crippen molar-refractivity contribution in [1.29, 1.82) is 0 Å². The van der Waals surface area contributed by atoms with E-state index >= 15 is 0 Å². The highest BCUT2D eigenvalue weighted by Gasteiger charge is 2.63. The first-order chi connectivity index (χ1) is 17.4. The highest BCUT2D eigenvalue weighted by molar-refractivity contribution is 7.85. The maximum absolute atomic E-state index is 12.2. The van der Waals surface area contributed by atoms with Crippen LogP contribution in [0.25, 0.3) is 0 Å². The van der Waals surface area contributed by atoms with Gasteiger partial charge >= 0.3 is 0 Å². The fraction of sp³-hybridized carbons (Fsp3) is 0.962. The summed E-state index contributed by atoms with van der Waals surface area (Å²) in [5.74, 6) is -0.418. The summed E-state index contributed by atoms with van der Waals surface area (Å²) in [6, 6.07) is 0. The normalized spacial score (nSPS) is 49.8. The Hall–Kier alpha value is -0.700. The molecule has 0 aromatic rings. The van der Waals surface area contributed by atoms with E-state index in [1.807, 2.05) is 6.92 Å². The van der Waals surface area contributed by atoms with Crippen LogP contribution in [0.5, 0.6) is 0 Å². The molecule has 196 valence electrons. The summed E-state index contributed by atoms with van der Waals surface area (Å²) in [5.41, 5.74) is -1.00. The number of nitrogens with one attached hydrogen (secondary N) is 1. The molecule has 5 unspecified atom stereocenters. The monoisotopic (exact) mass is 503 g/mol. The van der Waals surface area contributed by atoms with Crippen LogP contribution in [0.3, 0.4) is 0 Å². The Bertz CT molecular complexity index is 1030.